The minimum atomic E-state index is -0.253. The number of fused-ring (bicyclic) bond motifs is 1. The molecule has 0 saturated carbocycles. The van der Waals surface area contributed by atoms with Crippen LogP contribution in [0.5, 0.6) is 0 Å². The lowest BCUT2D eigenvalue weighted by atomic mass is 10.1. The van der Waals surface area contributed by atoms with Crippen LogP contribution in [-0.2, 0) is 6.42 Å². The Balaban J connectivity index is 1.65. The second-order valence-electron chi connectivity index (χ2n) is 6.88. The molecular formula is C20H23N5O2. The SMILES string of the molecule is NCCc1ccc(C(=O)Nc2cc3[nH]c(=O)[nH]c3cc2N2CCCC2)cc1. The molecule has 0 atom stereocenters. The van der Waals surface area contributed by atoms with E-state index in [9.17, 15) is 9.59 Å². The summed E-state index contributed by atoms with van der Waals surface area (Å²) in [6.45, 7) is 2.47. The zero-order valence-corrected chi connectivity index (χ0v) is 15.0. The molecule has 1 aliphatic heterocycles. The first kappa shape index (κ1) is 17.4. The van der Waals surface area contributed by atoms with Gasteiger partial charge in [-0.2, -0.15) is 0 Å². The van der Waals surface area contributed by atoms with Gasteiger partial charge >= 0.3 is 5.69 Å². The zero-order chi connectivity index (χ0) is 18.8. The number of aromatic amines is 2. The third kappa shape index (κ3) is 3.59. The maximum absolute atomic E-state index is 12.8. The van der Waals surface area contributed by atoms with E-state index in [-0.39, 0.29) is 11.6 Å². The molecule has 1 saturated heterocycles. The maximum Gasteiger partial charge on any atom is 0.323 e. The summed E-state index contributed by atoms with van der Waals surface area (Å²) >= 11 is 0. The van der Waals surface area contributed by atoms with Crippen LogP contribution < -0.4 is 21.6 Å². The Morgan fingerprint density at radius 2 is 1.74 bits per heavy atom. The van der Waals surface area contributed by atoms with E-state index in [0.29, 0.717) is 23.3 Å². The van der Waals surface area contributed by atoms with Crippen molar-refractivity contribution in [3.05, 3.63) is 58.0 Å². The quantitative estimate of drug-likeness (QED) is 0.556. The average molecular weight is 365 g/mol. The van der Waals surface area contributed by atoms with Gasteiger partial charge in [-0.3, -0.25) is 4.79 Å². The van der Waals surface area contributed by atoms with Gasteiger partial charge in [0.1, 0.15) is 0 Å². The smallest absolute Gasteiger partial charge is 0.323 e. The van der Waals surface area contributed by atoms with E-state index in [4.69, 9.17) is 5.73 Å². The van der Waals surface area contributed by atoms with Crippen molar-refractivity contribution in [3.8, 4) is 0 Å². The summed E-state index contributed by atoms with van der Waals surface area (Å²) in [7, 11) is 0. The number of hydrogen-bond acceptors (Lipinski definition) is 4. The number of anilines is 2. The van der Waals surface area contributed by atoms with Crippen LogP contribution >= 0.6 is 0 Å². The molecule has 1 fully saturated rings. The second kappa shape index (κ2) is 7.28. The van der Waals surface area contributed by atoms with Crippen LogP contribution in [0.1, 0.15) is 28.8 Å². The van der Waals surface area contributed by atoms with Gasteiger partial charge in [-0.1, -0.05) is 12.1 Å². The molecule has 0 radical (unpaired) electrons. The normalized spacial score (nSPS) is 14.0. The lowest BCUT2D eigenvalue weighted by Gasteiger charge is -2.22. The Morgan fingerprint density at radius 1 is 1.07 bits per heavy atom. The fourth-order valence-corrected chi connectivity index (χ4v) is 3.57. The van der Waals surface area contributed by atoms with Crippen LogP contribution in [0.15, 0.2) is 41.2 Å². The molecule has 0 unspecified atom stereocenters. The van der Waals surface area contributed by atoms with Gasteiger partial charge in [0.05, 0.1) is 22.4 Å². The molecular weight excluding hydrogens is 342 g/mol. The van der Waals surface area contributed by atoms with E-state index in [1.807, 2.05) is 36.4 Å². The van der Waals surface area contributed by atoms with E-state index in [1.54, 1.807) is 0 Å². The number of hydrogen-bond donors (Lipinski definition) is 4. The molecule has 4 rings (SSSR count). The van der Waals surface area contributed by atoms with Gasteiger partial charge in [0.2, 0.25) is 0 Å². The molecule has 2 heterocycles. The number of rotatable bonds is 5. The zero-order valence-electron chi connectivity index (χ0n) is 15.0. The first-order valence-electron chi connectivity index (χ1n) is 9.25. The summed E-state index contributed by atoms with van der Waals surface area (Å²) in [6, 6.07) is 11.2. The largest absolute Gasteiger partial charge is 0.370 e. The van der Waals surface area contributed by atoms with E-state index < -0.39 is 0 Å². The highest BCUT2D eigenvalue weighted by Gasteiger charge is 2.19. The van der Waals surface area contributed by atoms with Crippen LogP contribution in [-0.4, -0.2) is 35.5 Å². The summed E-state index contributed by atoms with van der Waals surface area (Å²) in [4.78, 5) is 32.2. The highest BCUT2D eigenvalue weighted by Crippen LogP contribution is 2.32. The Labute approximate surface area is 156 Å². The van der Waals surface area contributed by atoms with Crippen molar-refractivity contribution in [1.82, 2.24) is 9.97 Å². The highest BCUT2D eigenvalue weighted by atomic mass is 16.2. The fourth-order valence-electron chi connectivity index (χ4n) is 3.57. The third-order valence-corrected chi connectivity index (χ3v) is 4.98. The topological polar surface area (TPSA) is 107 Å². The van der Waals surface area contributed by atoms with E-state index in [2.05, 4.69) is 20.2 Å². The number of nitrogens with zero attached hydrogens (tertiary/aromatic N) is 1. The number of amides is 1. The molecule has 140 valence electrons. The number of imidazole rings is 1. The molecule has 0 bridgehead atoms. The number of aromatic nitrogens is 2. The molecule has 0 spiro atoms. The minimum Gasteiger partial charge on any atom is -0.370 e. The van der Waals surface area contributed by atoms with E-state index in [1.165, 1.54) is 0 Å². The number of carbonyl (C=O) groups is 1. The number of H-pyrrole nitrogens is 2. The molecule has 1 amide bonds. The summed E-state index contributed by atoms with van der Waals surface area (Å²) in [6.07, 6.45) is 3.04. The number of carbonyl (C=O) groups excluding carboxylic acids is 1. The lowest BCUT2D eigenvalue weighted by molar-refractivity contribution is 0.102. The van der Waals surface area contributed by atoms with Crippen molar-refractivity contribution < 1.29 is 4.79 Å². The third-order valence-electron chi connectivity index (χ3n) is 4.98. The average Bonchev–Trinajstić information content (AvgIpc) is 3.30. The molecule has 2 aromatic carbocycles. The molecule has 1 aromatic heterocycles. The van der Waals surface area contributed by atoms with Crippen LogP contribution in [0.4, 0.5) is 11.4 Å². The van der Waals surface area contributed by atoms with Crippen LogP contribution in [0.2, 0.25) is 0 Å². The number of nitrogens with one attached hydrogen (secondary N) is 3. The van der Waals surface area contributed by atoms with E-state index in [0.717, 1.165) is 49.1 Å². The van der Waals surface area contributed by atoms with Gasteiger partial charge in [-0.05, 0) is 55.6 Å². The molecule has 5 N–H and O–H groups in total. The van der Waals surface area contributed by atoms with Crippen molar-refractivity contribution in [2.24, 2.45) is 5.73 Å². The van der Waals surface area contributed by atoms with E-state index >= 15 is 0 Å². The molecule has 27 heavy (non-hydrogen) atoms. The summed E-state index contributed by atoms with van der Waals surface area (Å²) < 4.78 is 0. The Hall–Kier alpha value is -3.06. The van der Waals surface area contributed by atoms with Crippen LogP contribution in [0, 0.1) is 0 Å². The van der Waals surface area contributed by atoms with Crippen molar-refractivity contribution in [2.45, 2.75) is 19.3 Å². The number of nitrogens with two attached hydrogens (primary N) is 1. The monoisotopic (exact) mass is 365 g/mol. The van der Waals surface area contributed by atoms with Gasteiger partial charge in [0, 0.05) is 18.7 Å². The number of benzene rings is 2. The molecule has 3 aromatic rings. The first-order valence-corrected chi connectivity index (χ1v) is 9.25. The van der Waals surface area contributed by atoms with Crippen molar-refractivity contribution in [3.63, 3.8) is 0 Å². The Bertz CT molecular complexity index is 1010. The fraction of sp³-hybridized carbons (Fsp3) is 0.300. The summed E-state index contributed by atoms with van der Waals surface area (Å²) in [5.74, 6) is -0.174. The van der Waals surface area contributed by atoms with Gasteiger partial charge in [-0.25, -0.2) is 4.79 Å². The van der Waals surface area contributed by atoms with Gasteiger partial charge in [0.25, 0.3) is 5.91 Å². The molecule has 7 heteroatoms. The lowest BCUT2D eigenvalue weighted by Crippen LogP contribution is -2.21. The first-order chi connectivity index (χ1) is 13.1. The summed E-state index contributed by atoms with van der Waals surface area (Å²) in [5.41, 5.74) is 10.1. The van der Waals surface area contributed by atoms with Gasteiger partial charge in [-0.15, -0.1) is 0 Å². The predicted octanol–water partition coefficient (Wildman–Crippen LogP) is 2.21. The summed E-state index contributed by atoms with van der Waals surface area (Å²) in [5, 5.41) is 3.02. The second-order valence-corrected chi connectivity index (χ2v) is 6.88. The maximum atomic E-state index is 12.8. The van der Waals surface area contributed by atoms with Crippen molar-refractivity contribution in [1.29, 1.82) is 0 Å². The van der Waals surface area contributed by atoms with Gasteiger partial charge in [0.15, 0.2) is 0 Å². The molecule has 7 nitrogen and oxygen atoms in total. The minimum absolute atomic E-state index is 0.174. The van der Waals surface area contributed by atoms with Crippen LogP contribution in [0.3, 0.4) is 0 Å². The van der Waals surface area contributed by atoms with Crippen molar-refractivity contribution >= 4 is 28.3 Å². The molecule has 0 aliphatic carbocycles. The van der Waals surface area contributed by atoms with Gasteiger partial charge < -0.3 is 25.9 Å². The Morgan fingerprint density at radius 3 is 2.41 bits per heavy atom. The van der Waals surface area contributed by atoms with Crippen LogP contribution in [0.25, 0.3) is 11.0 Å². The standard InChI is InChI=1S/C20H23N5O2/c21-8-7-13-3-5-14(6-4-13)19(26)22-17-11-15-16(24-20(27)23-15)12-18(17)25-9-1-2-10-25/h3-6,11-12H,1-2,7-10,21H2,(H,22,26)(H2,23,24,27). The van der Waals surface area contributed by atoms with Crippen molar-refractivity contribution in [2.75, 3.05) is 29.9 Å². The Kier molecular flexibility index (Phi) is 4.68. The highest BCUT2D eigenvalue weighted by molar-refractivity contribution is 6.07. The molecule has 1 aliphatic rings. The predicted molar refractivity (Wildman–Crippen MR) is 108 cm³/mol.